The van der Waals surface area contributed by atoms with Crippen LogP contribution in [0.1, 0.15) is 55.3 Å². The lowest BCUT2D eigenvalue weighted by Crippen LogP contribution is -2.36. The summed E-state index contributed by atoms with van der Waals surface area (Å²) in [7, 11) is 0. The molecule has 2 saturated carbocycles. The maximum atomic E-state index is 12.2. The normalized spacial score (nSPS) is 19.3. The summed E-state index contributed by atoms with van der Waals surface area (Å²) in [4.78, 5) is 35.4. The predicted molar refractivity (Wildman–Crippen MR) is 88.7 cm³/mol. The first-order valence-electron chi connectivity index (χ1n) is 8.47. The molecule has 2 aliphatic rings. The summed E-state index contributed by atoms with van der Waals surface area (Å²) >= 11 is 0. The molecule has 2 aliphatic carbocycles. The van der Waals surface area contributed by atoms with Crippen molar-refractivity contribution in [3.8, 4) is 0 Å². The minimum absolute atomic E-state index is 0.107. The number of hydrogen-bond acceptors (Lipinski definition) is 3. The molecular weight excluding hydrogens is 308 g/mol. The van der Waals surface area contributed by atoms with Crippen LogP contribution in [0.25, 0.3) is 0 Å². The molecule has 0 bridgehead atoms. The van der Waals surface area contributed by atoms with E-state index in [9.17, 15) is 14.4 Å². The number of rotatable bonds is 5. The standard InChI is InChI=1S/C18H22N2O4/c21-15(19-13-4-2-1-3-5-13)12-6-8-14(9-7-12)20-16(22)18(10-11-18)17(23)24/h6-9,13H,1-5,10-11H2,(H,19,21)(H,20,22)(H,23,24). The number of nitrogens with one attached hydrogen (secondary N) is 2. The maximum Gasteiger partial charge on any atom is 0.319 e. The van der Waals surface area contributed by atoms with Crippen molar-refractivity contribution in [1.82, 2.24) is 5.32 Å². The molecule has 24 heavy (non-hydrogen) atoms. The van der Waals surface area contributed by atoms with Crippen molar-refractivity contribution >= 4 is 23.5 Å². The van der Waals surface area contributed by atoms with Gasteiger partial charge >= 0.3 is 5.97 Å². The second-order valence-corrected chi connectivity index (χ2v) is 6.73. The van der Waals surface area contributed by atoms with Crippen LogP contribution < -0.4 is 10.6 Å². The third-order valence-electron chi connectivity index (χ3n) is 4.94. The van der Waals surface area contributed by atoms with Gasteiger partial charge in [-0.15, -0.1) is 0 Å². The van der Waals surface area contributed by atoms with Crippen LogP contribution in [0.3, 0.4) is 0 Å². The number of carboxylic acid groups (broad SMARTS) is 1. The van der Waals surface area contributed by atoms with Crippen LogP contribution in [-0.2, 0) is 9.59 Å². The Hall–Kier alpha value is -2.37. The van der Waals surface area contributed by atoms with E-state index in [1.807, 2.05) is 0 Å². The first-order chi connectivity index (χ1) is 11.5. The third kappa shape index (κ3) is 3.42. The molecule has 6 nitrogen and oxygen atoms in total. The highest BCUT2D eigenvalue weighted by Crippen LogP contribution is 2.46. The minimum Gasteiger partial charge on any atom is -0.480 e. The Morgan fingerprint density at radius 1 is 1.00 bits per heavy atom. The monoisotopic (exact) mass is 330 g/mol. The molecule has 0 radical (unpaired) electrons. The fourth-order valence-corrected chi connectivity index (χ4v) is 3.13. The molecule has 0 aromatic heterocycles. The van der Waals surface area contributed by atoms with Crippen LogP contribution in [0.2, 0.25) is 0 Å². The number of benzene rings is 1. The van der Waals surface area contributed by atoms with Crippen molar-refractivity contribution < 1.29 is 19.5 Å². The van der Waals surface area contributed by atoms with Crippen molar-refractivity contribution in [2.45, 2.75) is 51.0 Å². The van der Waals surface area contributed by atoms with Gasteiger partial charge in [0.25, 0.3) is 5.91 Å². The van der Waals surface area contributed by atoms with E-state index in [0.29, 0.717) is 24.1 Å². The summed E-state index contributed by atoms with van der Waals surface area (Å²) in [5.41, 5.74) is -0.225. The highest BCUT2D eigenvalue weighted by molar-refractivity contribution is 6.10. The molecule has 3 N–H and O–H groups in total. The van der Waals surface area contributed by atoms with E-state index in [-0.39, 0.29) is 11.9 Å². The quantitative estimate of drug-likeness (QED) is 0.723. The lowest BCUT2D eigenvalue weighted by Gasteiger charge is -2.22. The van der Waals surface area contributed by atoms with Gasteiger partial charge in [-0.2, -0.15) is 0 Å². The number of amides is 2. The molecule has 3 rings (SSSR count). The van der Waals surface area contributed by atoms with Gasteiger partial charge < -0.3 is 15.7 Å². The largest absolute Gasteiger partial charge is 0.480 e. The van der Waals surface area contributed by atoms with Gasteiger partial charge in [-0.1, -0.05) is 19.3 Å². The average molecular weight is 330 g/mol. The first kappa shape index (κ1) is 16.5. The Labute approximate surface area is 140 Å². The molecule has 0 spiro atoms. The molecule has 128 valence electrons. The van der Waals surface area contributed by atoms with Crippen molar-refractivity contribution in [2.75, 3.05) is 5.32 Å². The third-order valence-corrected chi connectivity index (χ3v) is 4.94. The van der Waals surface area contributed by atoms with Gasteiger partial charge in [-0.3, -0.25) is 14.4 Å². The molecule has 0 heterocycles. The van der Waals surface area contributed by atoms with Gasteiger partial charge in [0.15, 0.2) is 0 Å². The Kier molecular flexibility index (Phi) is 4.55. The van der Waals surface area contributed by atoms with Crippen LogP contribution in [0.15, 0.2) is 24.3 Å². The topological polar surface area (TPSA) is 95.5 Å². The number of carboxylic acids is 1. The van der Waals surface area contributed by atoms with E-state index in [2.05, 4.69) is 10.6 Å². The lowest BCUT2D eigenvalue weighted by atomic mass is 9.95. The van der Waals surface area contributed by atoms with Crippen molar-refractivity contribution in [1.29, 1.82) is 0 Å². The summed E-state index contributed by atoms with van der Waals surface area (Å²) in [6, 6.07) is 6.80. The molecule has 0 saturated heterocycles. The minimum atomic E-state index is -1.27. The SMILES string of the molecule is O=C(NC1CCCCC1)c1ccc(NC(=O)C2(C(=O)O)CC2)cc1. The molecule has 1 aromatic rings. The number of carbonyl (C=O) groups excluding carboxylic acids is 2. The van der Waals surface area contributed by atoms with Gasteiger partial charge in [-0.05, 0) is 49.9 Å². The maximum absolute atomic E-state index is 12.2. The van der Waals surface area contributed by atoms with Crippen LogP contribution >= 0.6 is 0 Å². The number of hydrogen-bond donors (Lipinski definition) is 3. The molecule has 0 aliphatic heterocycles. The van der Waals surface area contributed by atoms with E-state index in [1.54, 1.807) is 24.3 Å². The van der Waals surface area contributed by atoms with E-state index in [0.717, 1.165) is 25.7 Å². The van der Waals surface area contributed by atoms with Gasteiger partial charge in [0.2, 0.25) is 5.91 Å². The second-order valence-electron chi connectivity index (χ2n) is 6.73. The molecule has 0 atom stereocenters. The molecule has 1 aromatic carbocycles. The Morgan fingerprint density at radius 2 is 1.62 bits per heavy atom. The summed E-state index contributed by atoms with van der Waals surface area (Å²) in [5.74, 6) is -1.68. The van der Waals surface area contributed by atoms with Crippen LogP contribution in [0.4, 0.5) is 5.69 Å². The zero-order valence-corrected chi connectivity index (χ0v) is 13.5. The molecule has 6 heteroatoms. The summed E-state index contributed by atoms with van der Waals surface area (Å²) in [6.45, 7) is 0. The van der Waals surface area contributed by atoms with Gasteiger partial charge in [0.05, 0.1) is 0 Å². The van der Waals surface area contributed by atoms with Crippen molar-refractivity contribution in [3.63, 3.8) is 0 Å². The number of anilines is 1. The van der Waals surface area contributed by atoms with Gasteiger partial charge in [0, 0.05) is 17.3 Å². The average Bonchev–Trinajstić information content (AvgIpc) is 3.38. The van der Waals surface area contributed by atoms with Crippen molar-refractivity contribution in [3.05, 3.63) is 29.8 Å². The summed E-state index contributed by atoms with van der Waals surface area (Å²) in [6.07, 6.45) is 6.33. The van der Waals surface area contributed by atoms with Crippen molar-refractivity contribution in [2.24, 2.45) is 5.41 Å². The number of carbonyl (C=O) groups is 3. The van der Waals surface area contributed by atoms with Crippen LogP contribution in [0.5, 0.6) is 0 Å². The highest BCUT2D eigenvalue weighted by Gasteiger charge is 2.57. The van der Waals surface area contributed by atoms with Crippen LogP contribution in [-0.4, -0.2) is 28.9 Å². The summed E-state index contributed by atoms with van der Waals surface area (Å²) < 4.78 is 0. The number of aliphatic carboxylic acids is 1. The zero-order chi connectivity index (χ0) is 17.2. The molecule has 0 unspecified atom stereocenters. The van der Waals surface area contributed by atoms with Gasteiger partial charge in [-0.25, -0.2) is 0 Å². The Bertz CT molecular complexity index is 643. The Morgan fingerprint density at radius 3 is 2.17 bits per heavy atom. The first-order valence-corrected chi connectivity index (χ1v) is 8.47. The highest BCUT2D eigenvalue weighted by atomic mass is 16.4. The van der Waals surface area contributed by atoms with E-state index >= 15 is 0 Å². The van der Waals surface area contributed by atoms with Crippen LogP contribution in [0, 0.1) is 5.41 Å². The Balaban J connectivity index is 1.58. The second kappa shape index (κ2) is 6.63. The van der Waals surface area contributed by atoms with E-state index in [1.165, 1.54) is 6.42 Å². The predicted octanol–water partition coefficient (Wildman–Crippen LogP) is 2.55. The van der Waals surface area contributed by atoms with E-state index in [4.69, 9.17) is 5.11 Å². The molecular formula is C18H22N2O4. The smallest absolute Gasteiger partial charge is 0.319 e. The summed E-state index contributed by atoms with van der Waals surface area (Å²) in [5, 5.41) is 14.8. The lowest BCUT2D eigenvalue weighted by molar-refractivity contribution is -0.147. The molecule has 2 amide bonds. The fraction of sp³-hybridized carbons (Fsp3) is 0.500. The fourth-order valence-electron chi connectivity index (χ4n) is 3.13. The molecule has 2 fully saturated rings. The van der Waals surface area contributed by atoms with Gasteiger partial charge in [0.1, 0.15) is 5.41 Å². The zero-order valence-electron chi connectivity index (χ0n) is 13.5. The van der Waals surface area contributed by atoms with E-state index < -0.39 is 17.3 Å².